The van der Waals surface area contributed by atoms with E-state index in [-0.39, 0.29) is 0 Å². The van der Waals surface area contributed by atoms with E-state index in [0.29, 0.717) is 11.4 Å². The molecule has 4 heteroatoms. The maximum Gasteiger partial charge on any atom is 0.242 e. The first kappa shape index (κ1) is 12.2. The van der Waals surface area contributed by atoms with Crippen molar-refractivity contribution in [1.29, 1.82) is 0 Å². The summed E-state index contributed by atoms with van der Waals surface area (Å²) in [6, 6.07) is 5.37. The fourth-order valence-corrected chi connectivity index (χ4v) is 2.80. The van der Waals surface area contributed by atoms with Crippen LogP contribution < -0.4 is 0 Å². The Hall–Kier alpha value is -0.870. The molecule has 0 unspecified atom stereocenters. The lowest BCUT2D eigenvalue weighted by atomic mass is 10.2. The molecule has 0 aromatic heterocycles. The molecule has 0 aliphatic carbocycles. The number of nitrogens with zero attached hydrogens (tertiary/aromatic N) is 1. The molecule has 0 saturated carbocycles. The van der Waals surface area contributed by atoms with Crippen LogP contribution in [0.5, 0.6) is 0 Å². The molecule has 15 heavy (non-hydrogen) atoms. The van der Waals surface area contributed by atoms with Crippen LogP contribution in [0.4, 0.5) is 0 Å². The van der Waals surface area contributed by atoms with Crippen molar-refractivity contribution in [2.45, 2.75) is 25.7 Å². The molecule has 0 radical (unpaired) electrons. The minimum atomic E-state index is -3.30. The summed E-state index contributed by atoms with van der Waals surface area (Å²) < 4.78 is 25.3. The number of hydrogen-bond acceptors (Lipinski definition) is 2. The summed E-state index contributed by atoms with van der Waals surface area (Å²) >= 11 is 0. The number of benzene rings is 1. The molecule has 0 saturated heterocycles. The van der Waals surface area contributed by atoms with Crippen molar-refractivity contribution in [3.63, 3.8) is 0 Å². The third-order valence-electron chi connectivity index (χ3n) is 2.35. The highest BCUT2D eigenvalue weighted by atomic mass is 32.2. The summed E-state index contributed by atoms with van der Waals surface area (Å²) in [6.45, 7) is 6.10. The van der Waals surface area contributed by atoms with Crippen LogP contribution in [0.15, 0.2) is 23.1 Å². The quantitative estimate of drug-likeness (QED) is 0.791. The summed E-state index contributed by atoms with van der Waals surface area (Å²) in [4.78, 5) is 0.379. The van der Waals surface area contributed by atoms with Crippen molar-refractivity contribution in [2.75, 3.05) is 13.6 Å². The van der Waals surface area contributed by atoms with Crippen LogP contribution in [-0.2, 0) is 10.0 Å². The van der Waals surface area contributed by atoms with E-state index in [1.54, 1.807) is 19.2 Å². The highest BCUT2D eigenvalue weighted by Crippen LogP contribution is 2.17. The van der Waals surface area contributed by atoms with E-state index in [0.717, 1.165) is 11.1 Å². The van der Waals surface area contributed by atoms with Crippen molar-refractivity contribution in [3.05, 3.63) is 29.3 Å². The van der Waals surface area contributed by atoms with Gasteiger partial charge in [-0.05, 0) is 37.1 Å². The van der Waals surface area contributed by atoms with Crippen LogP contribution in [0.1, 0.15) is 18.1 Å². The topological polar surface area (TPSA) is 37.4 Å². The molecule has 1 aromatic rings. The molecule has 0 bridgehead atoms. The van der Waals surface area contributed by atoms with Gasteiger partial charge in [-0.2, -0.15) is 0 Å². The van der Waals surface area contributed by atoms with Gasteiger partial charge in [-0.25, -0.2) is 12.7 Å². The maximum atomic E-state index is 12.0. The van der Waals surface area contributed by atoms with Crippen molar-refractivity contribution in [1.82, 2.24) is 4.31 Å². The van der Waals surface area contributed by atoms with E-state index in [2.05, 4.69) is 0 Å². The van der Waals surface area contributed by atoms with Gasteiger partial charge < -0.3 is 0 Å². The van der Waals surface area contributed by atoms with Gasteiger partial charge in [-0.3, -0.25) is 0 Å². The van der Waals surface area contributed by atoms with Crippen molar-refractivity contribution in [2.24, 2.45) is 0 Å². The minimum Gasteiger partial charge on any atom is -0.207 e. The Morgan fingerprint density at radius 3 is 2.00 bits per heavy atom. The SMILES string of the molecule is CCN(C)S(=O)(=O)c1cc(C)cc(C)c1. The third kappa shape index (κ3) is 2.58. The second-order valence-corrected chi connectivity index (χ2v) is 5.79. The predicted molar refractivity (Wildman–Crippen MR) is 61.4 cm³/mol. The van der Waals surface area contributed by atoms with Gasteiger partial charge in [0.15, 0.2) is 0 Å². The smallest absolute Gasteiger partial charge is 0.207 e. The monoisotopic (exact) mass is 227 g/mol. The van der Waals surface area contributed by atoms with Gasteiger partial charge in [0.05, 0.1) is 4.90 Å². The molecule has 84 valence electrons. The lowest BCUT2D eigenvalue weighted by molar-refractivity contribution is 0.486. The molecule has 0 heterocycles. The molecule has 1 aromatic carbocycles. The molecule has 0 N–H and O–H groups in total. The molecular formula is C11H17NO2S. The molecule has 0 amide bonds. The zero-order valence-electron chi connectivity index (χ0n) is 9.61. The lowest BCUT2D eigenvalue weighted by Crippen LogP contribution is -2.26. The first-order valence-electron chi connectivity index (χ1n) is 4.92. The molecule has 0 fully saturated rings. The normalized spacial score (nSPS) is 12.1. The second-order valence-electron chi connectivity index (χ2n) is 3.74. The van der Waals surface area contributed by atoms with Gasteiger partial charge in [0.25, 0.3) is 0 Å². The van der Waals surface area contributed by atoms with E-state index in [9.17, 15) is 8.42 Å². The fourth-order valence-electron chi connectivity index (χ4n) is 1.43. The Balaban J connectivity index is 3.27. The highest BCUT2D eigenvalue weighted by molar-refractivity contribution is 7.89. The van der Waals surface area contributed by atoms with Crippen LogP contribution in [0.3, 0.4) is 0 Å². The first-order valence-corrected chi connectivity index (χ1v) is 6.36. The van der Waals surface area contributed by atoms with Gasteiger partial charge in [0, 0.05) is 13.6 Å². The van der Waals surface area contributed by atoms with Crippen LogP contribution in [0, 0.1) is 13.8 Å². The van der Waals surface area contributed by atoms with Crippen LogP contribution in [-0.4, -0.2) is 26.3 Å². The van der Waals surface area contributed by atoms with Crippen molar-refractivity contribution >= 4 is 10.0 Å². The Labute approximate surface area is 91.8 Å². The zero-order valence-corrected chi connectivity index (χ0v) is 10.4. The van der Waals surface area contributed by atoms with Gasteiger partial charge >= 0.3 is 0 Å². The average Bonchev–Trinajstić information content (AvgIpc) is 2.15. The number of rotatable bonds is 3. The van der Waals surface area contributed by atoms with Crippen molar-refractivity contribution < 1.29 is 8.42 Å². The first-order chi connectivity index (χ1) is 6.87. The van der Waals surface area contributed by atoms with Crippen LogP contribution in [0.2, 0.25) is 0 Å². The summed E-state index contributed by atoms with van der Waals surface area (Å²) in [5, 5.41) is 0. The largest absolute Gasteiger partial charge is 0.242 e. The Kier molecular flexibility index (Phi) is 3.52. The number of hydrogen-bond donors (Lipinski definition) is 0. The molecule has 0 atom stereocenters. The summed E-state index contributed by atoms with van der Waals surface area (Å²) in [6.07, 6.45) is 0. The van der Waals surface area contributed by atoms with E-state index >= 15 is 0 Å². The van der Waals surface area contributed by atoms with Crippen LogP contribution >= 0.6 is 0 Å². The molecule has 0 spiro atoms. The fraction of sp³-hybridized carbons (Fsp3) is 0.455. The van der Waals surface area contributed by atoms with Gasteiger partial charge in [0.2, 0.25) is 10.0 Å². The summed E-state index contributed by atoms with van der Waals surface area (Å²) in [5.41, 5.74) is 1.94. The summed E-state index contributed by atoms with van der Waals surface area (Å²) in [7, 11) is -1.71. The van der Waals surface area contributed by atoms with E-state index in [4.69, 9.17) is 0 Å². The minimum absolute atomic E-state index is 0.379. The molecule has 0 aliphatic heterocycles. The van der Waals surface area contributed by atoms with E-state index in [1.807, 2.05) is 26.8 Å². The second kappa shape index (κ2) is 4.33. The summed E-state index contributed by atoms with van der Waals surface area (Å²) in [5.74, 6) is 0. The van der Waals surface area contributed by atoms with Crippen LogP contribution in [0.25, 0.3) is 0 Å². The van der Waals surface area contributed by atoms with Gasteiger partial charge in [-0.15, -0.1) is 0 Å². The molecular weight excluding hydrogens is 210 g/mol. The molecule has 1 rings (SSSR count). The Morgan fingerprint density at radius 2 is 1.60 bits per heavy atom. The van der Waals surface area contributed by atoms with E-state index < -0.39 is 10.0 Å². The standard InChI is InChI=1S/C11H17NO2S/c1-5-12(4)15(13,14)11-7-9(2)6-10(3)8-11/h6-8H,5H2,1-4H3. The predicted octanol–water partition coefficient (Wildman–Crippen LogP) is 1.94. The Morgan fingerprint density at radius 1 is 1.13 bits per heavy atom. The molecule has 3 nitrogen and oxygen atoms in total. The Bertz CT molecular complexity index is 431. The zero-order chi connectivity index (χ0) is 11.6. The van der Waals surface area contributed by atoms with Gasteiger partial charge in [-0.1, -0.05) is 13.0 Å². The number of aryl methyl sites for hydroxylation is 2. The average molecular weight is 227 g/mol. The van der Waals surface area contributed by atoms with E-state index in [1.165, 1.54) is 4.31 Å². The molecule has 0 aliphatic rings. The maximum absolute atomic E-state index is 12.0. The van der Waals surface area contributed by atoms with Gasteiger partial charge in [0.1, 0.15) is 0 Å². The van der Waals surface area contributed by atoms with Crippen molar-refractivity contribution in [3.8, 4) is 0 Å². The lowest BCUT2D eigenvalue weighted by Gasteiger charge is -2.15. The third-order valence-corrected chi connectivity index (χ3v) is 4.26. The highest BCUT2D eigenvalue weighted by Gasteiger charge is 2.19. The number of sulfonamides is 1.